The molecule has 0 spiro atoms. The van der Waals surface area contributed by atoms with E-state index in [0.717, 1.165) is 22.7 Å². The third kappa shape index (κ3) is 7.48. The molecular formula is C25H30N4O5S. The molecule has 0 radical (unpaired) electrons. The summed E-state index contributed by atoms with van der Waals surface area (Å²) in [6.07, 6.45) is 0.803. The number of esters is 1. The highest BCUT2D eigenvalue weighted by Gasteiger charge is 2.18. The van der Waals surface area contributed by atoms with E-state index in [4.69, 9.17) is 14.2 Å². The second kappa shape index (κ2) is 13.4. The maximum absolute atomic E-state index is 12.4. The number of hydrogen-bond donors (Lipinski definition) is 1. The number of carbonyl (C=O) groups is 2. The minimum Gasteiger partial charge on any atom is -0.497 e. The van der Waals surface area contributed by atoms with Crippen molar-refractivity contribution < 1.29 is 23.8 Å². The summed E-state index contributed by atoms with van der Waals surface area (Å²) in [6.45, 7) is 5.05. The van der Waals surface area contributed by atoms with Crippen LogP contribution in [0.15, 0.2) is 53.7 Å². The number of rotatable bonds is 13. The Morgan fingerprint density at radius 2 is 1.69 bits per heavy atom. The first-order valence-corrected chi connectivity index (χ1v) is 12.4. The molecule has 1 heterocycles. The highest BCUT2D eigenvalue weighted by atomic mass is 32.2. The zero-order chi connectivity index (χ0) is 25.0. The molecule has 10 heteroatoms. The Morgan fingerprint density at radius 3 is 2.34 bits per heavy atom. The van der Waals surface area contributed by atoms with Crippen LogP contribution in [0.4, 0.5) is 0 Å². The summed E-state index contributed by atoms with van der Waals surface area (Å²) in [5.74, 6) is 1.92. The molecular weight excluding hydrogens is 468 g/mol. The van der Waals surface area contributed by atoms with Gasteiger partial charge in [-0.05, 0) is 68.8 Å². The Balaban J connectivity index is 1.73. The lowest BCUT2D eigenvalue weighted by Crippen LogP contribution is -2.26. The summed E-state index contributed by atoms with van der Waals surface area (Å²) in [5, 5.41) is 12.2. The maximum atomic E-state index is 12.4. The molecule has 0 saturated carbocycles. The number of ether oxygens (including phenoxy) is 3. The highest BCUT2D eigenvalue weighted by molar-refractivity contribution is 7.99. The molecule has 186 valence electrons. The largest absolute Gasteiger partial charge is 0.497 e. The van der Waals surface area contributed by atoms with Crippen molar-refractivity contribution in [3.05, 3.63) is 48.5 Å². The fourth-order valence-corrected chi connectivity index (χ4v) is 4.04. The van der Waals surface area contributed by atoms with Crippen molar-refractivity contribution in [1.29, 1.82) is 0 Å². The number of aromatic nitrogens is 3. The number of hydrogen-bond acceptors (Lipinski definition) is 8. The lowest BCUT2D eigenvalue weighted by molar-refractivity contribution is -0.143. The summed E-state index contributed by atoms with van der Waals surface area (Å²) >= 11 is 1.29. The molecule has 0 fully saturated rings. The molecule has 3 rings (SSSR count). The topological polar surface area (TPSA) is 105 Å². The Labute approximate surface area is 209 Å². The number of nitrogens with zero attached hydrogens (tertiary/aromatic N) is 3. The molecule has 2 aromatic carbocycles. The summed E-state index contributed by atoms with van der Waals surface area (Å²) in [5.41, 5.74) is 1.71. The third-order valence-electron chi connectivity index (χ3n) is 4.91. The molecule has 3 aromatic rings. The van der Waals surface area contributed by atoms with Gasteiger partial charge >= 0.3 is 5.97 Å². The van der Waals surface area contributed by atoms with Gasteiger partial charge in [-0.15, -0.1) is 10.2 Å². The van der Waals surface area contributed by atoms with E-state index < -0.39 is 0 Å². The number of carbonyl (C=O) groups excluding carboxylic acids is 2. The first-order chi connectivity index (χ1) is 17.0. The molecule has 0 aliphatic heterocycles. The summed E-state index contributed by atoms with van der Waals surface area (Å²) in [4.78, 5) is 23.8. The van der Waals surface area contributed by atoms with E-state index in [9.17, 15) is 9.59 Å². The van der Waals surface area contributed by atoms with Gasteiger partial charge in [0.2, 0.25) is 5.91 Å². The molecule has 0 aliphatic carbocycles. The Kier molecular flexibility index (Phi) is 9.97. The summed E-state index contributed by atoms with van der Waals surface area (Å²) in [6, 6.07) is 15.2. The van der Waals surface area contributed by atoms with E-state index in [1.54, 1.807) is 14.0 Å². The Morgan fingerprint density at radius 1 is 0.971 bits per heavy atom. The zero-order valence-electron chi connectivity index (χ0n) is 20.2. The van der Waals surface area contributed by atoms with E-state index in [2.05, 4.69) is 15.5 Å². The molecule has 0 aliphatic rings. The van der Waals surface area contributed by atoms with E-state index in [-0.39, 0.29) is 24.1 Å². The average Bonchev–Trinajstić information content (AvgIpc) is 3.30. The van der Waals surface area contributed by atoms with Crippen LogP contribution in [-0.4, -0.2) is 59.3 Å². The number of thioether (sulfide) groups is 1. The van der Waals surface area contributed by atoms with E-state index in [0.29, 0.717) is 37.2 Å². The monoisotopic (exact) mass is 498 g/mol. The van der Waals surface area contributed by atoms with E-state index in [1.165, 1.54) is 11.8 Å². The van der Waals surface area contributed by atoms with E-state index >= 15 is 0 Å². The number of methoxy groups -OCH3 is 1. The van der Waals surface area contributed by atoms with Crippen molar-refractivity contribution >= 4 is 23.6 Å². The minimum atomic E-state index is -0.259. The van der Waals surface area contributed by atoms with Crippen molar-refractivity contribution in [1.82, 2.24) is 20.1 Å². The smallest absolute Gasteiger partial charge is 0.305 e. The lowest BCUT2D eigenvalue weighted by Gasteiger charge is -2.12. The number of nitrogens with one attached hydrogen (secondary N) is 1. The quantitative estimate of drug-likeness (QED) is 0.215. The van der Waals surface area contributed by atoms with Crippen molar-refractivity contribution in [3.63, 3.8) is 0 Å². The van der Waals surface area contributed by atoms with Gasteiger partial charge < -0.3 is 19.5 Å². The number of benzene rings is 2. The van der Waals surface area contributed by atoms with Crippen molar-refractivity contribution in [2.45, 2.75) is 31.8 Å². The van der Waals surface area contributed by atoms with Gasteiger partial charge in [0, 0.05) is 24.2 Å². The van der Waals surface area contributed by atoms with Crippen molar-refractivity contribution in [2.75, 3.05) is 32.6 Å². The van der Waals surface area contributed by atoms with Gasteiger partial charge in [-0.25, -0.2) is 0 Å². The Hall–Kier alpha value is -3.53. The SMILES string of the molecule is CCOC(=O)CCCNC(=O)CSc1nnc(-c2ccc(OC)cc2)n1-c1ccc(OCC)cc1. The zero-order valence-corrected chi connectivity index (χ0v) is 21.0. The average molecular weight is 499 g/mol. The lowest BCUT2D eigenvalue weighted by atomic mass is 10.2. The van der Waals surface area contributed by atoms with Crippen LogP contribution in [0.1, 0.15) is 26.7 Å². The first kappa shape index (κ1) is 26.1. The molecule has 0 saturated heterocycles. The molecule has 1 N–H and O–H groups in total. The minimum absolute atomic E-state index is 0.147. The van der Waals surface area contributed by atoms with Crippen LogP contribution in [0.2, 0.25) is 0 Å². The van der Waals surface area contributed by atoms with Crippen LogP contribution >= 0.6 is 11.8 Å². The van der Waals surface area contributed by atoms with Gasteiger partial charge in [0.05, 0.1) is 26.1 Å². The summed E-state index contributed by atoms with van der Waals surface area (Å²) in [7, 11) is 1.62. The summed E-state index contributed by atoms with van der Waals surface area (Å²) < 4.78 is 17.6. The molecule has 1 aromatic heterocycles. The van der Waals surface area contributed by atoms with Gasteiger partial charge in [0.25, 0.3) is 0 Å². The van der Waals surface area contributed by atoms with Crippen LogP contribution in [0.5, 0.6) is 11.5 Å². The van der Waals surface area contributed by atoms with Crippen LogP contribution in [-0.2, 0) is 14.3 Å². The number of amides is 1. The van der Waals surface area contributed by atoms with Gasteiger partial charge in [0.15, 0.2) is 11.0 Å². The molecule has 0 unspecified atom stereocenters. The molecule has 0 atom stereocenters. The fourth-order valence-electron chi connectivity index (χ4n) is 3.26. The van der Waals surface area contributed by atoms with Gasteiger partial charge in [0.1, 0.15) is 11.5 Å². The van der Waals surface area contributed by atoms with Gasteiger partial charge in [-0.1, -0.05) is 11.8 Å². The predicted molar refractivity (Wildman–Crippen MR) is 134 cm³/mol. The third-order valence-corrected chi connectivity index (χ3v) is 5.83. The van der Waals surface area contributed by atoms with Crippen molar-refractivity contribution in [2.24, 2.45) is 0 Å². The Bertz CT molecular complexity index is 1100. The predicted octanol–water partition coefficient (Wildman–Crippen LogP) is 3.89. The normalized spacial score (nSPS) is 10.6. The van der Waals surface area contributed by atoms with Crippen LogP contribution in [0.3, 0.4) is 0 Å². The molecule has 35 heavy (non-hydrogen) atoms. The first-order valence-electron chi connectivity index (χ1n) is 11.4. The van der Waals surface area contributed by atoms with Crippen LogP contribution < -0.4 is 14.8 Å². The second-order valence-corrected chi connectivity index (χ2v) is 8.29. The molecule has 0 bridgehead atoms. The van der Waals surface area contributed by atoms with Crippen LogP contribution in [0.25, 0.3) is 17.1 Å². The van der Waals surface area contributed by atoms with Gasteiger partial charge in [-0.2, -0.15) is 0 Å². The van der Waals surface area contributed by atoms with Crippen LogP contribution in [0, 0.1) is 0 Å². The van der Waals surface area contributed by atoms with Crippen molar-refractivity contribution in [3.8, 4) is 28.6 Å². The standard InChI is InChI=1S/C25H30N4O5S/c1-4-33-21-14-10-19(11-15-21)29-24(18-8-12-20(32-3)13-9-18)27-28-25(29)35-17-22(30)26-16-6-7-23(31)34-5-2/h8-15H,4-7,16-17H2,1-3H3,(H,26,30). The van der Waals surface area contributed by atoms with Gasteiger partial charge in [-0.3, -0.25) is 14.2 Å². The molecule has 1 amide bonds. The maximum Gasteiger partial charge on any atom is 0.305 e. The second-order valence-electron chi connectivity index (χ2n) is 7.34. The molecule has 9 nitrogen and oxygen atoms in total. The fraction of sp³-hybridized carbons (Fsp3) is 0.360. The van der Waals surface area contributed by atoms with E-state index in [1.807, 2.05) is 60.0 Å². The highest BCUT2D eigenvalue weighted by Crippen LogP contribution is 2.29.